The zero-order valence-electron chi connectivity index (χ0n) is 14.6. The van der Waals surface area contributed by atoms with E-state index < -0.39 is 11.6 Å². The molecular formula is C20H18F2N5. The van der Waals surface area contributed by atoms with E-state index in [9.17, 15) is 8.78 Å². The van der Waals surface area contributed by atoms with Crippen molar-refractivity contribution in [2.45, 2.75) is 6.54 Å². The predicted molar refractivity (Wildman–Crippen MR) is 97.9 cm³/mol. The first-order valence-corrected chi connectivity index (χ1v) is 8.76. The standard InChI is InChI=1S/C20H18F2N5/c21-17-4-3-16(18(22)12-17)14-26-8-10-27(11-9-26)20-24-7-5-19(25-20)15-2-1-6-23-13-15/h1-7,12H,8-11,14H2. The summed E-state index contributed by atoms with van der Waals surface area (Å²) < 4.78 is 26.9. The smallest absolute Gasteiger partial charge is 0.225 e. The van der Waals surface area contributed by atoms with Crippen molar-refractivity contribution in [3.8, 4) is 11.3 Å². The van der Waals surface area contributed by atoms with Gasteiger partial charge in [0.05, 0.1) is 11.9 Å². The molecule has 2 aromatic heterocycles. The molecule has 0 N–H and O–H groups in total. The van der Waals surface area contributed by atoms with E-state index in [0.29, 0.717) is 18.1 Å². The van der Waals surface area contributed by atoms with Crippen LogP contribution < -0.4 is 4.90 Å². The molecule has 1 aliphatic rings. The average Bonchev–Trinajstić information content (AvgIpc) is 2.71. The Labute approximate surface area is 156 Å². The molecule has 7 heteroatoms. The number of anilines is 1. The zero-order chi connectivity index (χ0) is 18.6. The lowest BCUT2D eigenvalue weighted by Gasteiger charge is -2.34. The van der Waals surface area contributed by atoms with Crippen LogP contribution >= 0.6 is 0 Å². The van der Waals surface area contributed by atoms with Crippen LogP contribution in [0.5, 0.6) is 0 Å². The first-order valence-electron chi connectivity index (χ1n) is 8.76. The minimum absolute atomic E-state index is 0.464. The number of benzene rings is 1. The largest absolute Gasteiger partial charge is 0.338 e. The van der Waals surface area contributed by atoms with E-state index in [1.807, 2.05) is 18.2 Å². The summed E-state index contributed by atoms with van der Waals surface area (Å²) in [5, 5.41) is 0. The highest BCUT2D eigenvalue weighted by atomic mass is 19.1. The van der Waals surface area contributed by atoms with E-state index in [1.165, 1.54) is 12.1 Å². The summed E-state index contributed by atoms with van der Waals surface area (Å²) in [6.45, 7) is 3.45. The maximum Gasteiger partial charge on any atom is 0.225 e. The molecule has 1 aromatic carbocycles. The van der Waals surface area contributed by atoms with Crippen molar-refractivity contribution in [1.82, 2.24) is 19.9 Å². The van der Waals surface area contributed by atoms with E-state index in [2.05, 4.69) is 30.9 Å². The lowest BCUT2D eigenvalue weighted by atomic mass is 10.2. The highest BCUT2D eigenvalue weighted by Gasteiger charge is 2.20. The molecule has 1 fully saturated rings. The van der Waals surface area contributed by atoms with E-state index in [0.717, 1.165) is 43.5 Å². The fourth-order valence-corrected chi connectivity index (χ4v) is 3.12. The lowest BCUT2D eigenvalue weighted by molar-refractivity contribution is 0.245. The summed E-state index contributed by atoms with van der Waals surface area (Å²) in [5.74, 6) is -0.387. The Morgan fingerprint density at radius 3 is 2.59 bits per heavy atom. The molecule has 1 saturated heterocycles. The van der Waals surface area contributed by atoms with Crippen LogP contribution in [0.1, 0.15) is 5.56 Å². The molecule has 0 spiro atoms. The van der Waals surface area contributed by atoms with E-state index in [4.69, 9.17) is 0 Å². The van der Waals surface area contributed by atoms with Gasteiger partial charge in [-0.3, -0.25) is 9.88 Å². The van der Waals surface area contributed by atoms with Crippen molar-refractivity contribution < 1.29 is 8.78 Å². The van der Waals surface area contributed by atoms with Crippen LogP contribution in [-0.2, 0) is 6.54 Å². The van der Waals surface area contributed by atoms with Gasteiger partial charge in [-0.15, -0.1) is 0 Å². The average molecular weight is 366 g/mol. The molecule has 0 bridgehead atoms. The van der Waals surface area contributed by atoms with Crippen molar-refractivity contribution in [3.05, 3.63) is 72.2 Å². The second kappa shape index (κ2) is 7.75. The molecular weight excluding hydrogens is 348 g/mol. The SMILES string of the molecule is Fc1ccc(CN2CCN(c3nccc(-c4[c]nccc4)n3)CC2)c(F)c1. The topological polar surface area (TPSA) is 45.2 Å². The lowest BCUT2D eigenvalue weighted by Crippen LogP contribution is -2.46. The highest BCUT2D eigenvalue weighted by Crippen LogP contribution is 2.19. The van der Waals surface area contributed by atoms with Crippen molar-refractivity contribution in [3.63, 3.8) is 0 Å². The van der Waals surface area contributed by atoms with Gasteiger partial charge in [0, 0.05) is 62.3 Å². The van der Waals surface area contributed by atoms with Crippen molar-refractivity contribution in [2.75, 3.05) is 31.1 Å². The van der Waals surface area contributed by atoms with Gasteiger partial charge in [0.25, 0.3) is 0 Å². The molecule has 27 heavy (non-hydrogen) atoms. The molecule has 0 unspecified atom stereocenters. The van der Waals surface area contributed by atoms with Gasteiger partial charge >= 0.3 is 0 Å². The van der Waals surface area contributed by atoms with E-state index in [1.54, 1.807) is 12.4 Å². The van der Waals surface area contributed by atoms with E-state index >= 15 is 0 Å². The molecule has 137 valence electrons. The Morgan fingerprint density at radius 2 is 1.85 bits per heavy atom. The third kappa shape index (κ3) is 4.09. The third-order valence-corrected chi connectivity index (χ3v) is 4.59. The fraction of sp³-hybridized carbons (Fsp3) is 0.250. The van der Waals surface area contributed by atoms with Crippen LogP contribution in [0.15, 0.2) is 48.8 Å². The highest BCUT2D eigenvalue weighted by molar-refractivity contribution is 5.58. The Balaban J connectivity index is 1.41. The Kier molecular flexibility index (Phi) is 5.02. The second-order valence-electron chi connectivity index (χ2n) is 6.40. The van der Waals surface area contributed by atoms with Gasteiger partial charge in [-0.2, -0.15) is 0 Å². The number of rotatable bonds is 4. The predicted octanol–water partition coefficient (Wildman–Crippen LogP) is 2.94. The van der Waals surface area contributed by atoms with Crippen LogP contribution in [0.4, 0.5) is 14.7 Å². The number of nitrogens with zero attached hydrogens (tertiary/aromatic N) is 5. The van der Waals surface area contributed by atoms with Gasteiger partial charge in [0.15, 0.2) is 0 Å². The normalized spacial score (nSPS) is 15.1. The molecule has 0 saturated carbocycles. The molecule has 1 aliphatic heterocycles. The van der Waals surface area contributed by atoms with Gasteiger partial charge < -0.3 is 4.90 Å². The van der Waals surface area contributed by atoms with Crippen LogP contribution in [-0.4, -0.2) is 46.0 Å². The summed E-state index contributed by atoms with van der Waals surface area (Å²) in [5.41, 5.74) is 2.12. The van der Waals surface area contributed by atoms with Crippen LogP contribution in [0.25, 0.3) is 11.3 Å². The molecule has 3 heterocycles. The van der Waals surface area contributed by atoms with Crippen molar-refractivity contribution in [1.29, 1.82) is 0 Å². The molecule has 0 amide bonds. The Bertz CT molecular complexity index is 911. The van der Waals surface area contributed by atoms with Crippen molar-refractivity contribution in [2.24, 2.45) is 0 Å². The number of aromatic nitrogens is 3. The minimum Gasteiger partial charge on any atom is -0.338 e. The molecule has 3 aromatic rings. The summed E-state index contributed by atoms with van der Waals surface area (Å²) in [6.07, 6.45) is 6.34. The monoisotopic (exact) mass is 366 g/mol. The quantitative estimate of drug-likeness (QED) is 0.710. The van der Waals surface area contributed by atoms with Crippen LogP contribution in [0.2, 0.25) is 0 Å². The van der Waals surface area contributed by atoms with Crippen LogP contribution in [0, 0.1) is 17.8 Å². The fourth-order valence-electron chi connectivity index (χ4n) is 3.12. The van der Waals surface area contributed by atoms with Gasteiger partial charge in [-0.25, -0.2) is 18.7 Å². The molecule has 0 atom stereocenters. The first-order chi connectivity index (χ1) is 13.2. The third-order valence-electron chi connectivity index (χ3n) is 4.59. The molecule has 5 nitrogen and oxygen atoms in total. The maximum absolute atomic E-state index is 13.8. The number of pyridine rings is 1. The first kappa shape index (κ1) is 17.5. The van der Waals surface area contributed by atoms with Gasteiger partial charge in [0.1, 0.15) is 11.6 Å². The molecule has 0 aliphatic carbocycles. The zero-order valence-corrected chi connectivity index (χ0v) is 14.6. The number of hydrogen-bond acceptors (Lipinski definition) is 5. The molecule has 4 rings (SSSR count). The van der Waals surface area contributed by atoms with Gasteiger partial charge in [-0.1, -0.05) is 6.07 Å². The molecule has 1 radical (unpaired) electrons. The van der Waals surface area contributed by atoms with Gasteiger partial charge in [-0.05, 0) is 24.3 Å². The van der Waals surface area contributed by atoms with Crippen molar-refractivity contribution >= 4 is 5.95 Å². The second-order valence-corrected chi connectivity index (χ2v) is 6.40. The summed E-state index contributed by atoms with van der Waals surface area (Å²) in [4.78, 5) is 17.3. The number of halogens is 2. The van der Waals surface area contributed by atoms with Gasteiger partial charge in [0.2, 0.25) is 5.95 Å². The number of hydrogen-bond donors (Lipinski definition) is 0. The minimum atomic E-state index is -0.552. The summed E-state index contributed by atoms with van der Waals surface area (Å²) in [7, 11) is 0. The summed E-state index contributed by atoms with van der Waals surface area (Å²) in [6, 6.07) is 9.33. The van der Waals surface area contributed by atoms with Crippen LogP contribution in [0.3, 0.4) is 0 Å². The Hall–Kier alpha value is -2.93. The Morgan fingerprint density at radius 1 is 1.00 bits per heavy atom. The maximum atomic E-state index is 13.8. The van der Waals surface area contributed by atoms with E-state index in [-0.39, 0.29) is 0 Å². The summed E-state index contributed by atoms with van der Waals surface area (Å²) >= 11 is 0. The number of piperazine rings is 1.